The monoisotopic (exact) mass is 312 g/mol. The lowest BCUT2D eigenvalue weighted by molar-refractivity contribution is -0.121. The molecule has 0 aromatic heterocycles. The van der Waals surface area contributed by atoms with E-state index < -0.39 is 0 Å². The molecule has 1 aromatic rings. The van der Waals surface area contributed by atoms with Gasteiger partial charge in [-0.05, 0) is 37.4 Å². The number of benzene rings is 1. The topological polar surface area (TPSA) is 50.4 Å². The van der Waals surface area contributed by atoms with Gasteiger partial charge in [-0.2, -0.15) is 0 Å². The van der Waals surface area contributed by atoms with E-state index in [1.165, 1.54) is 6.42 Å². The predicted molar refractivity (Wildman–Crippen MR) is 86.5 cm³/mol. The fourth-order valence-electron chi connectivity index (χ4n) is 2.40. The second-order valence-electron chi connectivity index (χ2n) is 5.23. The Balaban J connectivity index is 0.00000220. The van der Waals surface area contributed by atoms with Crippen molar-refractivity contribution in [3.63, 3.8) is 0 Å². The van der Waals surface area contributed by atoms with Gasteiger partial charge in [-0.15, -0.1) is 12.4 Å². The highest BCUT2D eigenvalue weighted by Crippen LogP contribution is 2.09. The number of hydrogen-bond acceptors (Lipinski definition) is 3. The molecule has 0 radical (unpaired) electrons. The van der Waals surface area contributed by atoms with Gasteiger partial charge in [0.05, 0.1) is 6.61 Å². The van der Waals surface area contributed by atoms with Crippen molar-refractivity contribution in [2.24, 2.45) is 0 Å². The van der Waals surface area contributed by atoms with Crippen molar-refractivity contribution < 1.29 is 9.53 Å². The Bertz CT molecular complexity index is 417. The van der Waals surface area contributed by atoms with E-state index in [1.54, 1.807) is 0 Å². The Labute approximate surface area is 133 Å². The number of hydrogen-bond donors (Lipinski definition) is 2. The maximum atomic E-state index is 11.8. The normalized spacial score (nSPS) is 17.3. The van der Waals surface area contributed by atoms with Crippen LogP contribution in [0.1, 0.15) is 37.3 Å². The SMILES string of the molecule is CCOCc1ccc(CNC(=O)CC2CCCN2)cc1.Cl. The molecule has 118 valence electrons. The van der Waals surface area contributed by atoms with Crippen molar-refractivity contribution in [3.8, 4) is 0 Å². The first-order valence-electron chi connectivity index (χ1n) is 7.43. The van der Waals surface area contributed by atoms with E-state index in [4.69, 9.17) is 4.74 Å². The van der Waals surface area contributed by atoms with Crippen LogP contribution in [0, 0.1) is 0 Å². The van der Waals surface area contributed by atoms with Gasteiger partial charge in [-0.3, -0.25) is 4.79 Å². The van der Waals surface area contributed by atoms with Crippen molar-refractivity contribution in [2.45, 2.75) is 45.4 Å². The average Bonchev–Trinajstić information content (AvgIpc) is 2.97. The molecule has 1 unspecified atom stereocenters. The van der Waals surface area contributed by atoms with Crippen molar-refractivity contribution in [2.75, 3.05) is 13.2 Å². The molecule has 0 aliphatic carbocycles. The van der Waals surface area contributed by atoms with Gasteiger partial charge < -0.3 is 15.4 Å². The van der Waals surface area contributed by atoms with Crippen LogP contribution in [0.25, 0.3) is 0 Å². The zero-order chi connectivity index (χ0) is 14.2. The number of amides is 1. The van der Waals surface area contributed by atoms with E-state index >= 15 is 0 Å². The molecule has 21 heavy (non-hydrogen) atoms. The van der Waals surface area contributed by atoms with E-state index in [0.717, 1.165) is 30.7 Å². The summed E-state index contributed by atoms with van der Waals surface area (Å²) < 4.78 is 5.36. The number of nitrogens with one attached hydrogen (secondary N) is 2. The van der Waals surface area contributed by atoms with Crippen molar-refractivity contribution in [3.05, 3.63) is 35.4 Å². The number of ether oxygens (including phenoxy) is 1. The first-order valence-corrected chi connectivity index (χ1v) is 7.43. The van der Waals surface area contributed by atoms with Crippen molar-refractivity contribution in [1.82, 2.24) is 10.6 Å². The van der Waals surface area contributed by atoms with Gasteiger partial charge in [-0.25, -0.2) is 0 Å². The summed E-state index contributed by atoms with van der Waals surface area (Å²) in [6.07, 6.45) is 2.88. The number of halogens is 1. The molecule has 1 aliphatic heterocycles. The predicted octanol–water partition coefficient (Wildman–Crippen LogP) is 2.40. The molecule has 4 nitrogen and oxygen atoms in total. The molecule has 0 bridgehead atoms. The molecule has 1 heterocycles. The lowest BCUT2D eigenvalue weighted by Crippen LogP contribution is -2.31. The number of rotatable bonds is 7. The Morgan fingerprint density at radius 1 is 1.33 bits per heavy atom. The van der Waals surface area contributed by atoms with E-state index in [9.17, 15) is 4.79 Å². The fourth-order valence-corrected chi connectivity index (χ4v) is 2.40. The van der Waals surface area contributed by atoms with Gasteiger partial charge in [-0.1, -0.05) is 24.3 Å². The van der Waals surface area contributed by atoms with Crippen LogP contribution in [-0.4, -0.2) is 25.1 Å². The van der Waals surface area contributed by atoms with Crippen LogP contribution in [-0.2, 0) is 22.7 Å². The first kappa shape index (κ1) is 18.0. The summed E-state index contributed by atoms with van der Waals surface area (Å²) >= 11 is 0. The summed E-state index contributed by atoms with van der Waals surface area (Å²) in [6, 6.07) is 8.56. The molecule has 1 aromatic carbocycles. The van der Waals surface area contributed by atoms with Crippen LogP contribution in [0.15, 0.2) is 24.3 Å². The van der Waals surface area contributed by atoms with Gasteiger partial charge in [0.15, 0.2) is 0 Å². The van der Waals surface area contributed by atoms with Crippen LogP contribution in [0.5, 0.6) is 0 Å². The molecule has 5 heteroatoms. The third-order valence-corrected chi connectivity index (χ3v) is 3.58. The van der Waals surface area contributed by atoms with Gasteiger partial charge in [0.1, 0.15) is 0 Å². The largest absolute Gasteiger partial charge is 0.377 e. The van der Waals surface area contributed by atoms with Crippen LogP contribution in [0.2, 0.25) is 0 Å². The van der Waals surface area contributed by atoms with E-state index in [2.05, 4.69) is 22.8 Å². The van der Waals surface area contributed by atoms with Crippen molar-refractivity contribution >= 4 is 18.3 Å². The average molecular weight is 313 g/mol. The van der Waals surface area contributed by atoms with Gasteiger partial charge in [0, 0.05) is 25.6 Å². The Hall–Kier alpha value is -1.10. The molecule has 1 aliphatic rings. The summed E-state index contributed by atoms with van der Waals surface area (Å²) in [6.45, 7) is 5.01. The second kappa shape index (κ2) is 9.77. The minimum absolute atomic E-state index is 0. The minimum atomic E-state index is 0. The zero-order valence-electron chi connectivity index (χ0n) is 12.6. The summed E-state index contributed by atoms with van der Waals surface area (Å²) in [5.41, 5.74) is 2.29. The van der Waals surface area contributed by atoms with E-state index in [-0.39, 0.29) is 18.3 Å². The first-order chi connectivity index (χ1) is 9.78. The summed E-state index contributed by atoms with van der Waals surface area (Å²) in [4.78, 5) is 11.8. The molecular weight excluding hydrogens is 288 g/mol. The molecule has 0 spiro atoms. The zero-order valence-corrected chi connectivity index (χ0v) is 13.4. The fraction of sp³-hybridized carbons (Fsp3) is 0.562. The lowest BCUT2D eigenvalue weighted by Gasteiger charge is -2.10. The Kier molecular flexibility index (Phi) is 8.35. The quantitative estimate of drug-likeness (QED) is 0.813. The Morgan fingerprint density at radius 3 is 2.67 bits per heavy atom. The van der Waals surface area contributed by atoms with Gasteiger partial charge in [0.2, 0.25) is 5.91 Å². The molecule has 2 rings (SSSR count). The summed E-state index contributed by atoms with van der Waals surface area (Å²) in [5.74, 6) is 0.128. The standard InChI is InChI=1S/C16H24N2O2.ClH/c1-2-20-12-14-7-5-13(6-8-14)11-18-16(19)10-15-4-3-9-17-15;/h5-8,15,17H,2-4,9-12H2,1H3,(H,18,19);1H. The molecular formula is C16H25ClN2O2. The van der Waals surface area contributed by atoms with Crippen molar-refractivity contribution in [1.29, 1.82) is 0 Å². The van der Waals surface area contributed by atoms with Crippen LogP contribution in [0.3, 0.4) is 0 Å². The maximum absolute atomic E-state index is 11.8. The second-order valence-corrected chi connectivity index (χ2v) is 5.23. The van der Waals surface area contributed by atoms with Crippen LogP contribution < -0.4 is 10.6 Å². The van der Waals surface area contributed by atoms with Crippen LogP contribution >= 0.6 is 12.4 Å². The Morgan fingerprint density at radius 2 is 2.05 bits per heavy atom. The molecule has 1 fully saturated rings. The van der Waals surface area contributed by atoms with Crippen LogP contribution in [0.4, 0.5) is 0 Å². The van der Waals surface area contributed by atoms with Gasteiger partial charge >= 0.3 is 0 Å². The highest BCUT2D eigenvalue weighted by Gasteiger charge is 2.17. The highest BCUT2D eigenvalue weighted by molar-refractivity contribution is 5.85. The van der Waals surface area contributed by atoms with Gasteiger partial charge in [0.25, 0.3) is 0 Å². The minimum Gasteiger partial charge on any atom is -0.377 e. The number of carbonyl (C=O) groups excluding carboxylic acids is 1. The summed E-state index contributed by atoms with van der Waals surface area (Å²) in [7, 11) is 0. The smallest absolute Gasteiger partial charge is 0.221 e. The third kappa shape index (κ3) is 6.46. The molecule has 1 amide bonds. The summed E-state index contributed by atoms with van der Waals surface area (Å²) in [5, 5.41) is 6.32. The van der Waals surface area contributed by atoms with E-state index in [0.29, 0.717) is 25.6 Å². The molecule has 1 atom stereocenters. The van der Waals surface area contributed by atoms with E-state index in [1.807, 2.05) is 19.1 Å². The molecule has 2 N–H and O–H groups in total. The number of carbonyl (C=O) groups is 1. The lowest BCUT2D eigenvalue weighted by atomic mass is 10.1. The highest BCUT2D eigenvalue weighted by atomic mass is 35.5. The molecule has 1 saturated heterocycles. The molecule has 0 saturated carbocycles. The third-order valence-electron chi connectivity index (χ3n) is 3.58. The maximum Gasteiger partial charge on any atom is 0.221 e.